The number of unbranched alkanes of at least 4 members (excludes halogenated alkanes) is 1. The predicted octanol–water partition coefficient (Wildman–Crippen LogP) is 2.89. The number of hydrogen-bond acceptors (Lipinski definition) is 2. The molecule has 0 radical (unpaired) electrons. The minimum absolute atomic E-state index is 0.0865. The third-order valence-corrected chi connectivity index (χ3v) is 3.37. The number of halogens is 2. The van der Waals surface area contributed by atoms with Crippen molar-refractivity contribution in [1.29, 1.82) is 0 Å². The summed E-state index contributed by atoms with van der Waals surface area (Å²) >= 11 is 3.11. The summed E-state index contributed by atoms with van der Waals surface area (Å²) in [4.78, 5) is 21.8. The standard InChI is InChI=1S/C14H17BrFNO3/c15-11-9-10(5-6-12(11)16)7-8-17-13(18)3-1-2-4-14(19)20/h5-6,9H,1-4,7-8H2,(H,17,18)(H,19,20). The highest BCUT2D eigenvalue weighted by Crippen LogP contribution is 2.16. The minimum Gasteiger partial charge on any atom is -0.481 e. The fraction of sp³-hybridized carbons (Fsp3) is 0.429. The normalized spacial score (nSPS) is 10.3. The Labute approximate surface area is 125 Å². The molecule has 0 bridgehead atoms. The topological polar surface area (TPSA) is 66.4 Å². The fourth-order valence-corrected chi connectivity index (χ4v) is 2.12. The molecular formula is C14H17BrFNO3. The Hall–Kier alpha value is -1.43. The highest BCUT2D eigenvalue weighted by Gasteiger charge is 2.04. The van der Waals surface area contributed by atoms with Gasteiger partial charge >= 0.3 is 5.97 Å². The van der Waals surface area contributed by atoms with Gasteiger partial charge in [0, 0.05) is 19.4 Å². The van der Waals surface area contributed by atoms with Crippen LogP contribution in [-0.4, -0.2) is 23.5 Å². The SMILES string of the molecule is O=C(O)CCCCC(=O)NCCc1ccc(F)c(Br)c1. The van der Waals surface area contributed by atoms with Crippen LogP contribution in [0, 0.1) is 5.82 Å². The van der Waals surface area contributed by atoms with Crippen molar-refractivity contribution in [1.82, 2.24) is 5.32 Å². The van der Waals surface area contributed by atoms with Crippen molar-refractivity contribution in [3.05, 3.63) is 34.1 Å². The Morgan fingerprint density at radius 1 is 1.25 bits per heavy atom. The van der Waals surface area contributed by atoms with Crippen LogP contribution in [0.4, 0.5) is 4.39 Å². The average molecular weight is 346 g/mol. The summed E-state index contributed by atoms with van der Waals surface area (Å²) in [5.74, 6) is -1.24. The number of rotatable bonds is 8. The van der Waals surface area contributed by atoms with Crippen LogP contribution in [0.3, 0.4) is 0 Å². The first-order valence-electron chi connectivity index (χ1n) is 6.41. The monoisotopic (exact) mass is 345 g/mol. The summed E-state index contributed by atoms with van der Waals surface area (Å²) in [6.07, 6.45) is 2.13. The number of carbonyl (C=O) groups is 2. The van der Waals surface area contributed by atoms with E-state index >= 15 is 0 Å². The summed E-state index contributed by atoms with van der Waals surface area (Å²) in [6.45, 7) is 0.482. The Morgan fingerprint density at radius 2 is 1.95 bits per heavy atom. The first-order valence-corrected chi connectivity index (χ1v) is 7.21. The van der Waals surface area contributed by atoms with Gasteiger partial charge in [0.2, 0.25) is 5.91 Å². The summed E-state index contributed by atoms with van der Waals surface area (Å²) in [5, 5.41) is 11.2. The Balaban J connectivity index is 2.18. The van der Waals surface area contributed by atoms with Crippen LogP contribution in [0.5, 0.6) is 0 Å². The van der Waals surface area contributed by atoms with Crippen molar-refractivity contribution in [2.24, 2.45) is 0 Å². The van der Waals surface area contributed by atoms with E-state index in [0.717, 1.165) is 5.56 Å². The van der Waals surface area contributed by atoms with Crippen molar-refractivity contribution >= 4 is 27.8 Å². The first-order chi connectivity index (χ1) is 9.49. The van der Waals surface area contributed by atoms with E-state index in [1.165, 1.54) is 6.07 Å². The summed E-state index contributed by atoms with van der Waals surface area (Å²) < 4.78 is 13.4. The number of carboxylic acids is 1. The lowest BCUT2D eigenvalue weighted by Crippen LogP contribution is -2.25. The van der Waals surface area contributed by atoms with Gasteiger partial charge in [-0.2, -0.15) is 0 Å². The maximum absolute atomic E-state index is 13.0. The van der Waals surface area contributed by atoms with Gasteiger partial charge in [-0.1, -0.05) is 6.07 Å². The number of amides is 1. The van der Waals surface area contributed by atoms with Crippen molar-refractivity contribution in [3.63, 3.8) is 0 Å². The highest BCUT2D eigenvalue weighted by atomic mass is 79.9. The van der Waals surface area contributed by atoms with Crippen LogP contribution in [0.25, 0.3) is 0 Å². The number of benzene rings is 1. The van der Waals surface area contributed by atoms with Gasteiger partial charge in [0.15, 0.2) is 0 Å². The van der Waals surface area contributed by atoms with Gasteiger partial charge < -0.3 is 10.4 Å². The third kappa shape index (κ3) is 6.65. The second-order valence-electron chi connectivity index (χ2n) is 4.45. The Morgan fingerprint density at radius 3 is 2.60 bits per heavy atom. The average Bonchev–Trinajstić information content (AvgIpc) is 2.39. The second kappa shape index (κ2) is 8.68. The van der Waals surface area contributed by atoms with Crippen molar-refractivity contribution in [2.45, 2.75) is 32.1 Å². The van der Waals surface area contributed by atoms with Crippen LogP contribution in [0.1, 0.15) is 31.2 Å². The number of hydrogen-bond donors (Lipinski definition) is 2. The minimum atomic E-state index is -0.840. The summed E-state index contributed by atoms with van der Waals surface area (Å²) in [7, 11) is 0. The molecule has 2 N–H and O–H groups in total. The summed E-state index contributed by atoms with van der Waals surface area (Å²) in [5.41, 5.74) is 0.935. The van der Waals surface area contributed by atoms with E-state index in [-0.39, 0.29) is 18.1 Å². The van der Waals surface area contributed by atoms with Crippen LogP contribution in [0.2, 0.25) is 0 Å². The van der Waals surface area contributed by atoms with Crippen LogP contribution < -0.4 is 5.32 Å². The summed E-state index contributed by atoms with van der Waals surface area (Å²) in [6, 6.07) is 4.75. The zero-order valence-corrected chi connectivity index (χ0v) is 12.6. The first kappa shape index (κ1) is 16.6. The van der Waals surface area contributed by atoms with Gasteiger partial charge in [-0.25, -0.2) is 4.39 Å². The zero-order valence-electron chi connectivity index (χ0n) is 11.0. The molecule has 0 heterocycles. The van der Waals surface area contributed by atoms with Gasteiger partial charge in [-0.05, 0) is 52.9 Å². The molecule has 1 aromatic rings. The van der Waals surface area contributed by atoms with Crippen LogP contribution in [0.15, 0.2) is 22.7 Å². The van der Waals surface area contributed by atoms with E-state index < -0.39 is 5.97 Å². The van der Waals surface area contributed by atoms with Crippen LogP contribution in [-0.2, 0) is 16.0 Å². The number of nitrogens with one attached hydrogen (secondary N) is 1. The maximum Gasteiger partial charge on any atom is 0.303 e. The fourth-order valence-electron chi connectivity index (χ4n) is 1.69. The van der Waals surface area contributed by atoms with Gasteiger partial charge in [0.05, 0.1) is 4.47 Å². The molecule has 0 spiro atoms. The predicted molar refractivity (Wildman–Crippen MR) is 76.9 cm³/mol. The van der Waals surface area contributed by atoms with Crippen molar-refractivity contribution in [2.75, 3.05) is 6.54 Å². The molecule has 0 saturated carbocycles. The molecule has 0 aliphatic heterocycles. The van der Waals surface area contributed by atoms with Gasteiger partial charge in [0.25, 0.3) is 0 Å². The van der Waals surface area contributed by atoms with E-state index in [2.05, 4.69) is 21.2 Å². The molecule has 0 aliphatic rings. The molecule has 4 nitrogen and oxygen atoms in total. The number of carbonyl (C=O) groups excluding carboxylic acids is 1. The molecule has 20 heavy (non-hydrogen) atoms. The molecule has 0 aromatic heterocycles. The molecule has 0 atom stereocenters. The molecule has 0 fully saturated rings. The quantitative estimate of drug-likeness (QED) is 0.712. The van der Waals surface area contributed by atoms with Crippen molar-refractivity contribution < 1.29 is 19.1 Å². The smallest absolute Gasteiger partial charge is 0.303 e. The largest absolute Gasteiger partial charge is 0.481 e. The highest BCUT2D eigenvalue weighted by molar-refractivity contribution is 9.10. The second-order valence-corrected chi connectivity index (χ2v) is 5.30. The Kier molecular flexibility index (Phi) is 7.22. The molecule has 0 saturated heterocycles. The maximum atomic E-state index is 13.0. The molecule has 110 valence electrons. The molecule has 0 unspecified atom stereocenters. The molecular weight excluding hydrogens is 329 g/mol. The van der Waals surface area contributed by atoms with E-state index in [0.29, 0.717) is 36.7 Å². The third-order valence-electron chi connectivity index (χ3n) is 2.76. The van der Waals surface area contributed by atoms with E-state index in [4.69, 9.17) is 5.11 Å². The van der Waals surface area contributed by atoms with Crippen LogP contribution >= 0.6 is 15.9 Å². The van der Waals surface area contributed by atoms with E-state index in [9.17, 15) is 14.0 Å². The van der Waals surface area contributed by atoms with Gasteiger partial charge in [-0.3, -0.25) is 9.59 Å². The molecule has 1 amide bonds. The van der Waals surface area contributed by atoms with Gasteiger partial charge in [0.1, 0.15) is 5.82 Å². The number of aliphatic carboxylic acids is 1. The molecule has 0 aliphatic carbocycles. The van der Waals surface area contributed by atoms with E-state index in [1.54, 1.807) is 12.1 Å². The van der Waals surface area contributed by atoms with Gasteiger partial charge in [-0.15, -0.1) is 0 Å². The Bertz CT molecular complexity index is 479. The molecule has 1 aromatic carbocycles. The van der Waals surface area contributed by atoms with E-state index in [1.807, 2.05) is 0 Å². The lowest BCUT2D eigenvalue weighted by atomic mass is 10.1. The molecule has 6 heteroatoms. The van der Waals surface area contributed by atoms with Crippen molar-refractivity contribution in [3.8, 4) is 0 Å². The molecule has 1 rings (SSSR count). The number of carboxylic acid groups (broad SMARTS) is 1. The lowest BCUT2D eigenvalue weighted by Gasteiger charge is -2.06. The lowest BCUT2D eigenvalue weighted by molar-refractivity contribution is -0.137. The zero-order chi connectivity index (χ0) is 15.0.